The highest BCUT2D eigenvalue weighted by Crippen LogP contribution is 2.23. The number of aliphatic hydroxyl groups is 1. The van der Waals surface area contributed by atoms with E-state index in [0.29, 0.717) is 37.3 Å². The molecule has 0 aromatic carbocycles. The molecular formula is C14H21N3O2. The van der Waals surface area contributed by atoms with Crippen molar-refractivity contribution in [2.45, 2.75) is 32.3 Å². The monoisotopic (exact) mass is 263 g/mol. The van der Waals surface area contributed by atoms with Crippen molar-refractivity contribution in [1.82, 2.24) is 9.88 Å². The van der Waals surface area contributed by atoms with Crippen molar-refractivity contribution < 1.29 is 9.90 Å². The number of nitrogens with zero attached hydrogens (tertiary/aromatic N) is 2. The van der Waals surface area contributed by atoms with Gasteiger partial charge in [-0.3, -0.25) is 4.79 Å². The average molecular weight is 263 g/mol. The SMILES string of the molecule is CNc1cc(C(=O)N2CCC(C)(O)CC2)cc(C)n1. The van der Waals surface area contributed by atoms with E-state index >= 15 is 0 Å². The van der Waals surface area contributed by atoms with Gasteiger partial charge in [0.2, 0.25) is 0 Å². The number of pyridine rings is 1. The molecule has 2 rings (SSSR count). The molecule has 1 aromatic rings. The Morgan fingerprint density at radius 1 is 1.42 bits per heavy atom. The van der Waals surface area contributed by atoms with Gasteiger partial charge in [0, 0.05) is 31.4 Å². The molecule has 5 nitrogen and oxygen atoms in total. The molecule has 1 amide bonds. The zero-order valence-electron chi connectivity index (χ0n) is 11.7. The molecule has 0 bridgehead atoms. The van der Waals surface area contributed by atoms with Crippen LogP contribution in [-0.2, 0) is 0 Å². The first-order valence-corrected chi connectivity index (χ1v) is 6.59. The number of nitrogens with one attached hydrogen (secondary N) is 1. The second-order valence-electron chi connectivity index (χ2n) is 5.42. The summed E-state index contributed by atoms with van der Waals surface area (Å²) in [5.74, 6) is 0.713. The van der Waals surface area contributed by atoms with Gasteiger partial charge in [-0.05, 0) is 38.8 Å². The van der Waals surface area contributed by atoms with Crippen LogP contribution in [0.4, 0.5) is 5.82 Å². The Morgan fingerprint density at radius 2 is 2.05 bits per heavy atom. The third kappa shape index (κ3) is 3.23. The van der Waals surface area contributed by atoms with Crippen LogP contribution in [0.3, 0.4) is 0 Å². The van der Waals surface area contributed by atoms with Gasteiger partial charge in [0.25, 0.3) is 5.91 Å². The van der Waals surface area contributed by atoms with Gasteiger partial charge >= 0.3 is 0 Å². The molecule has 1 aromatic heterocycles. The molecule has 2 N–H and O–H groups in total. The van der Waals surface area contributed by atoms with Crippen LogP contribution in [0, 0.1) is 6.92 Å². The molecule has 0 radical (unpaired) electrons. The minimum Gasteiger partial charge on any atom is -0.390 e. The molecule has 104 valence electrons. The van der Waals surface area contributed by atoms with E-state index in [1.807, 2.05) is 13.8 Å². The lowest BCUT2D eigenvalue weighted by atomic mass is 9.93. The lowest BCUT2D eigenvalue weighted by molar-refractivity contribution is -0.00203. The molecule has 1 saturated heterocycles. The maximum absolute atomic E-state index is 12.4. The molecule has 0 atom stereocenters. The average Bonchev–Trinajstić information content (AvgIpc) is 2.37. The largest absolute Gasteiger partial charge is 0.390 e. The Labute approximate surface area is 113 Å². The number of anilines is 1. The van der Waals surface area contributed by atoms with E-state index in [9.17, 15) is 9.90 Å². The number of piperidine rings is 1. The fraction of sp³-hybridized carbons (Fsp3) is 0.571. The molecule has 1 fully saturated rings. The Kier molecular flexibility index (Phi) is 3.75. The molecule has 0 spiro atoms. The van der Waals surface area contributed by atoms with Gasteiger partial charge in [-0.2, -0.15) is 0 Å². The van der Waals surface area contributed by atoms with Crippen LogP contribution in [0.1, 0.15) is 35.8 Å². The van der Waals surface area contributed by atoms with Crippen LogP contribution in [0.2, 0.25) is 0 Å². The van der Waals surface area contributed by atoms with Gasteiger partial charge in [0.1, 0.15) is 5.82 Å². The first kappa shape index (κ1) is 13.8. The predicted molar refractivity (Wildman–Crippen MR) is 74.3 cm³/mol. The summed E-state index contributed by atoms with van der Waals surface area (Å²) in [6.45, 7) is 4.90. The van der Waals surface area contributed by atoms with E-state index in [-0.39, 0.29) is 5.91 Å². The van der Waals surface area contributed by atoms with Gasteiger partial charge in [0.05, 0.1) is 5.60 Å². The molecular weight excluding hydrogens is 242 g/mol. The van der Waals surface area contributed by atoms with Gasteiger partial charge < -0.3 is 15.3 Å². The number of carbonyl (C=O) groups excluding carboxylic acids is 1. The van der Waals surface area contributed by atoms with Crippen molar-refractivity contribution in [3.05, 3.63) is 23.4 Å². The molecule has 1 aliphatic heterocycles. The number of amides is 1. The maximum Gasteiger partial charge on any atom is 0.254 e. The van der Waals surface area contributed by atoms with Gasteiger partial charge in [-0.25, -0.2) is 4.98 Å². The summed E-state index contributed by atoms with van der Waals surface area (Å²) in [5.41, 5.74) is 0.832. The second kappa shape index (κ2) is 5.17. The van der Waals surface area contributed by atoms with Crippen LogP contribution in [-0.4, -0.2) is 46.6 Å². The van der Waals surface area contributed by atoms with Crippen molar-refractivity contribution >= 4 is 11.7 Å². The highest BCUT2D eigenvalue weighted by atomic mass is 16.3. The van der Waals surface area contributed by atoms with E-state index in [2.05, 4.69) is 10.3 Å². The van der Waals surface area contributed by atoms with E-state index in [1.54, 1.807) is 24.1 Å². The standard InChI is InChI=1S/C14H21N3O2/c1-10-8-11(9-12(15-3)16-10)13(18)17-6-4-14(2,19)5-7-17/h8-9,19H,4-7H2,1-3H3,(H,15,16). The summed E-state index contributed by atoms with van der Waals surface area (Å²) in [7, 11) is 1.79. The first-order chi connectivity index (χ1) is 8.91. The third-order valence-corrected chi connectivity index (χ3v) is 3.58. The topological polar surface area (TPSA) is 65.5 Å². The van der Waals surface area contributed by atoms with E-state index in [4.69, 9.17) is 0 Å². The zero-order valence-corrected chi connectivity index (χ0v) is 11.7. The fourth-order valence-electron chi connectivity index (χ4n) is 2.29. The van der Waals surface area contributed by atoms with Gasteiger partial charge in [0.15, 0.2) is 0 Å². The molecule has 19 heavy (non-hydrogen) atoms. The molecule has 2 heterocycles. The number of aromatic nitrogens is 1. The molecule has 1 aliphatic rings. The number of hydrogen-bond donors (Lipinski definition) is 2. The lowest BCUT2D eigenvalue weighted by Crippen LogP contribution is -2.45. The quantitative estimate of drug-likeness (QED) is 0.847. The lowest BCUT2D eigenvalue weighted by Gasteiger charge is -2.35. The van der Waals surface area contributed by atoms with Crippen LogP contribution in [0.25, 0.3) is 0 Å². The number of likely N-dealkylation sites (tertiary alicyclic amines) is 1. The maximum atomic E-state index is 12.4. The van der Waals surface area contributed by atoms with Crippen molar-refractivity contribution in [1.29, 1.82) is 0 Å². The highest BCUT2D eigenvalue weighted by molar-refractivity contribution is 5.95. The van der Waals surface area contributed by atoms with Crippen molar-refractivity contribution in [2.75, 3.05) is 25.5 Å². The number of rotatable bonds is 2. The van der Waals surface area contributed by atoms with E-state index in [0.717, 1.165) is 5.69 Å². The van der Waals surface area contributed by atoms with E-state index in [1.165, 1.54) is 0 Å². The Hall–Kier alpha value is -1.62. The van der Waals surface area contributed by atoms with Crippen LogP contribution >= 0.6 is 0 Å². The summed E-state index contributed by atoms with van der Waals surface area (Å²) in [6, 6.07) is 3.57. The fourth-order valence-corrected chi connectivity index (χ4v) is 2.29. The van der Waals surface area contributed by atoms with Gasteiger partial charge in [-0.15, -0.1) is 0 Å². The molecule has 0 saturated carbocycles. The molecule has 0 unspecified atom stereocenters. The van der Waals surface area contributed by atoms with Crippen molar-refractivity contribution in [3.63, 3.8) is 0 Å². The van der Waals surface area contributed by atoms with Crippen LogP contribution in [0.15, 0.2) is 12.1 Å². The summed E-state index contributed by atoms with van der Waals surface area (Å²) in [4.78, 5) is 18.5. The Morgan fingerprint density at radius 3 is 2.63 bits per heavy atom. The van der Waals surface area contributed by atoms with E-state index < -0.39 is 5.60 Å². The summed E-state index contributed by atoms with van der Waals surface area (Å²) < 4.78 is 0. The highest BCUT2D eigenvalue weighted by Gasteiger charge is 2.30. The number of hydrogen-bond acceptors (Lipinski definition) is 4. The normalized spacial score (nSPS) is 18.2. The Balaban J connectivity index is 2.14. The Bertz CT molecular complexity index is 476. The summed E-state index contributed by atoms with van der Waals surface area (Å²) in [5, 5.41) is 12.9. The third-order valence-electron chi connectivity index (χ3n) is 3.58. The predicted octanol–water partition coefficient (Wildman–Crippen LogP) is 1.42. The first-order valence-electron chi connectivity index (χ1n) is 6.59. The summed E-state index contributed by atoms with van der Waals surface area (Å²) >= 11 is 0. The van der Waals surface area contributed by atoms with Crippen LogP contribution < -0.4 is 5.32 Å². The number of carbonyl (C=O) groups is 1. The van der Waals surface area contributed by atoms with Crippen LogP contribution in [0.5, 0.6) is 0 Å². The molecule has 0 aliphatic carbocycles. The van der Waals surface area contributed by atoms with Gasteiger partial charge in [-0.1, -0.05) is 0 Å². The second-order valence-corrected chi connectivity index (χ2v) is 5.42. The minimum absolute atomic E-state index is 0.0116. The minimum atomic E-state index is -0.638. The zero-order chi connectivity index (χ0) is 14.0. The van der Waals surface area contributed by atoms with Crippen molar-refractivity contribution in [3.8, 4) is 0 Å². The van der Waals surface area contributed by atoms with Crippen molar-refractivity contribution in [2.24, 2.45) is 0 Å². The molecule has 5 heteroatoms. The smallest absolute Gasteiger partial charge is 0.254 e. The summed E-state index contributed by atoms with van der Waals surface area (Å²) in [6.07, 6.45) is 1.25. The number of aryl methyl sites for hydroxylation is 1.